The van der Waals surface area contributed by atoms with E-state index in [0.29, 0.717) is 11.4 Å². The molecule has 1 aromatic rings. The molecule has 1 aromatic heterocycles. The molecule has 0 aliphatic carbocycles. The van der Waals surface area contributed by atoms with E-state index in [-0.39, 0.29) is 5.70 Å². The van der Waals surface area contributed by atoms with Crippen molar-refractivity contribution in [3.05, 3.63) is 58.1 Å². The molecule has 0 bridgehead atoms. The Morgan fingerprint density at radius 2 is 2.35 bits per heavy atom. The highest BCUT2D eigenvalue weighted by Crippen LogP contribution is 2.07. The molecule has 2 N–H and O–H groups in total. The van der Waals surface area contributed by atoms with E-state index in [1.54, 1.807) is 31.3 Å². The van der Waals surface area contributed by atoms with Crippen molar-refractivity contribution >= 4 is 5.70 Å². The van der Waals surface area contributed by atoms with Crippen molar-refractivity contribution in [2.45, 2.75) is 6.92 Å². The van der Waals surface area contributed by atoms with Gasteiger partial charge in [-0.3, -0.25) is 15.1 Å². The van der Waals surface area contributed by atoms with E-state index in [4.69, 9.17) is 4.84 Å². The maximum Gasteiger partial charge on any atom is 0.271 e. The van der Waals surface area contributed by atoms with Crippen molar-refractivity contribution < 1.29 is 15.2 Å². The lowest BCUT2D eigenvalue weighted by molar-refractivity contribution is -0.824. The van der Waals surface area contributed by atoms with Gasteiger partial charge >= 0.3 is 0 Å². The number of nitro groups is 1. The summed E-state index contributed by atoms with van der Waals surface area (Å²) in [4.78, 5) is 19.3. The highest BCUT2D eigenvalue weighted by atomic mass is 16.6. The Morgan fingerprint density at radius 1 is 1.59 bits per heavy atom. The summed E-state index contributed by atoms with van der Waals surface area (Å²) in [6, 6.07) is 5.34. The van der Waals surface area contributed by atoms with Gasteiger partial charge in [0.05, 0.1) is 18.1 Å². The lowest BCUT2D eigenvalue weighted by Crippen LogP contribution is -2.79. The SMILES string of the molecule is C/C=C(\C=C(/[NH2+]OC)c1ccccn1)[N+](=O)[O-]. The third-order valence-electron chi connectivity index (χ3n) is 2.02. The fourth-order valence-corrected chi connectivity index (χ4v) is 1.23. The summed E-state index contributed by atoms with van der Waals surface area (Å²) >= 11 is 0. The normalized spacial score (nSPS) is 12.6. The highest BCUT2D eigenvalue weighted by molar-refractivity contribution is 5.55. The van der Waals surface area contributed by atoms with Gasteiger partial charge in [-0.2, -0.15) is 5.48 Å². The average Bonchev–Trinajstić information content (AvgIpc) is 2.35. The molecule has 1 heterocycles. The predicted molar refractivity (Wildman–Crippen MR) is 61.9 cm³/mol. The van der Waals surface area contributed by atoms with Crippen LogP contribution < -0.4 is 5.48 Å². The molecule has 0 unspecified atom stereocenters. The van der Waals surface area contributed by atoms with Gasteiger partial charge in [0.1, 0.15) is 5.69 Å². The molecule has 0 aromatic carbocycles. The Hall–Kier alpha value is -2.05. The molecular formula is C11H14N3O3+. The molecule has 1 rings (SSSR count). The molecular weight excluding hydrogens is 222 g/mol. The molecule has 0 amide bonds. The van der Waals surface area contributed by atoms with Gasteiger partial charge in [0, 0.05) is 6.20 Å². The van der Waals surface area contributed by atoms with E-state index in [0.717, 1.165) is 0 Å². The van der Waals surface area contributed by atoms with Crippen LogP contribution in [0.25, 0.3) is 5.70 Å². The zero-order chi connectivity index (χ0) is 12.7. The van der Waals surface area contributed by atoms with Crippen LogP contribution in [-0.2, 0) is 4.84 Å². The second-order valence-corrected chi connectivity index (χ2v) is 3.14. The first-order valence-corrected chi connectivity index (χ1v) is 4.99. The monoisotopic (exact) mass is 236 g/mol. The van der Waals surface area contributed by atoms with Gasteiger partial charge in [0.25, 0.3) is 5.70 Å². The molecule has 0 aliphatic rings. The summed E-state index contributed by atoms with van der Waals surface area (Å²) in [6.45, 7) is 1.61. The maximum absolute atomic E-state index is 10.7. The smallest absolute Gasteiger partial charge is 0.258 e. The Balaban J connectivity index is 3.09. The molecule has 0 radical (unpaired) electrons. The molecule has 6 heteroatoms. The number of pyridine rings is 1. The van der Waals surface area contributed by atoms with E-state index in [1.807, 2.05) is 0 Å². The van der Waals surface area contributed by atoms with Gasteiger partial charge in [0.15, 0.2) is 5.70 Å². The lowest BCUT2D eigenvalue weighted by atomic mass is 10.2. The van der Waals surface area contributed by atoms with Crippen LogP contribution in [-0.4, -0.2) is 17.0 Å². The van der Waals surface area contributed by atoms with E-state index < -0.39 is 4.92 Å². The first-order valence-electron chi connectivity index (χ1n) is 4.99. The number of aromatic nitrogens is 1. The number of allylic oxidation sites excluding steroid dienone is 2. The number of nitrogens with zero attached hydrogens (tertiary/aromatic N) is 2. The minimum absolute atomic E-state index is 0.000969. The Bertz CT molecular complexity index is 441. The molecule has 0 spiro atoms. The van der Waals surface area contributed by atoms with E-state index in [1.165, 1.54) is 24.7 Å². The summed E-state index contributed by atoms with van der Waals surface area (Å²) in [5.41, 5.74) is 2.60. The van der Waals surface area contributed by atoms with Crippen molar-refractivity contribution in [2.75, 3.05) is 7.11 Å². The minimum Gasteiger partial charge on any atom is -0.258 e. The average molecular weight is 236 g/mol. The Morgan fingerprint density at radius 3 is 2.82 bits per heavy atom. The summed E-state index contributed by atoms with van der Waals surface area (Å²) in [7, 11) is 1.48. The van der Waals surface area contributed by atoms with Gasteiger partial charge in [-0.05, 0) is 25.1 Å². The third kappa shape index (κ3) is 3.78. The second kappa shape index (κ2) is 6.51. The largest absolute Gasteiger partial charge is 0.271 e. The van der Waals surface area contributed by atoms with Gasteiger partial charge in [-0.25, -0.2) is 4.84 Å². The lowest BCUT2D eigenvalue weighted by Gasteiger charge is -2.01. The molecule has 0 saturated heterocycles. The van der Waals surface area contributed by atoms with Crippen LogP contribution in [0.1, 0.15) is 12.6 Å². The number of rotatable bonds is 5. The van der Waals surface area contributed by atoms with Crippen molar-refractivity contribution in [3.8, 4) is 0 Å². The zero-order valence-corrected chi connectivity index (χ0v) is 9.66. The third-order valence-corrected chi connectivity index (χ3v) is 2.02. The molecule has 0 saturated carbocycles. The van der Waals surface area contributed by atoms with E-state index >= 15 is 0 Å². The van der Waals surface area contributed by atoms with Crippen LogP contribution in [0, 0.1) is 10.1 Å². The number of hydroxylamine groups is 1. The van der Waals surface area contributed by atoms with Crippen LogP contribution in [0.4, 0.5) is 0 Å². The summed E-state index contributed by atoms with van der Waals surface area (Å²) in [6.07, 6.45) is 4.46. The Kier molecular flexibility index (Phi) is 4.99. The van der Waals surface area contributed by atoms with Crippen LogP contribution in [0.5, 0.6) is 0 Å². The molecule has 0 aliphatic heterocycles. The molecule has 6 nitrogen and oxygen atoms in total. The highest BCUT2D eigenvalue weighted by Gasteiger charge is 2.13. The van der Waals surface area contributed by atoms with Crippen LogP contribution >= 0.6 is 0 Å². The summed E-state index contributed by atoms with van der Waals surface area (Å²) in [5.74, 6) is 0. The fourth-order valence-electron chi connectivity index (χ4n) is 1.23. The topological polar surface area (TPSA) is 81.9 Å². The van der Waals surface area contributed by atoms with Crippen molar-refractivity contribution in [3.63, 3.8) is 0 Å². The minimum atomic E-state index is -0.452. The Labute approximate surface area is 98.7 Å². The number of quaternary nitrogens is 1. The fraction of sp³-hybridized carbons (Fsp3) is 0.182. The van der Waals surface area contributed by atoms with E-state index in [2.05, 4.69) is 4.98 Å². The van der Waals surface area contributed by atoms with Gasteiger partial charge in [0.2, 0.25) is 0 Å². The molecule has 17 heavy (non-hydrogen) atoms. The van der Waals surface area contributed by atoms with Gasteiger partial charge in [-0.1, -0.05) is 6.07 Å². The summed E-state index contributed by atoms with van der Waals surface area (Å²) in [5, 5.41) is 10.7. The van der Waals surface area contributed by atoms with Crippen LogP contribution in [0.15, 0.2) is 42.2 Å². The number of nitrogens with two attached hydrogens (primary N) is 1. The molecule has 0 fully saturated rings. The van der Waals surface area contributed by atoms with Gasteiger partial charge < -0.3 is 0 Å². The molecule has 90 valence electrons. The number of hydrogen-bond acceptors (Lipinski definition) is 4. The van der Waals surface area contributed by atoms with Crippen LogP contribution in [0.3, 0.4) is 0 Å². The maximum atomic E-state index is 10.7. The zero-order valence-electron chi connectivity index (χ0n) is 9.66. The first kappa shape index (κ1) is 13.0. The second-order valence-electron chi connectivity index (χ2n) is 3.14. The van der Waals surface area contributed by atoms with Crippen LogP contribution in [0.2, 0.25) is 0 Å². The standard InChI is InChI=1S/C11H13N3O3/c1-3-9(14(15)16)8-11(13-17-2)10-6-4-5-7-12-10/h3-8,13H,1-2H3/p+1/b9-3+,11-8-. The van der Waals surface area contributed by atoms with E-state index in [9.17, 15) is 10.1 Å². The van der Waals surface area contributed by atoms with Crippen molar-refractivity contribution in [1.82, 2.24) is 4.98 Å². The van der Waals surface area contributed by atoms with Crippen molar-refractivity contribution in [1.29, 1.82) is 0 Å². The molecule has 0 atom stereocenters. The predicted octanol–water partition coefficient (Wildman–Crippen LogP) is 0.728. The first-order chi connectivity index (χ1) is 8.19. The van der Waals surface area contributed by atoms with Gasteiger partial charge in [-0.15, -0.1) is 0 Å². The number of hydrogen-bond donors (Lipinski definition) is 1. The van der Waals surface area contributed by atoms with Crippen molar-refractivity contribution in [2.24, 2.45) is 0 Å². The summed E-state index contributed by atoms with van der Waals surface area (Å²) < 4.78 is 0. The quantitative estimate of drug-likeness (QED) is 0.464.